The van der Waals surface area contributed by atoms with Crippen molar-refractivity contribution < 1.29 is 9.53 Å². The van der Waals surface area contributed by atoms with E-state index in [1.54, 1.807) is 0 Å². The molecule has 0 aromatic heterocycles. The lowest BCUT2D eigenvalue weighted by molar-refractivity contribution is -0.126. The lowest BCUT2D eigenvalue weighted by Gasteiger charge is -2.38. The Labute approximate surface area is 154 Å². The molecule has 1 aliphatic carbocycles. The molecule has 0 aromatic rings. The van der Waals surface area contributed by atoms with Crippen LogP contribution in [0.1, 0.15) is 53.4 Å². The number of carbonyl (C=O) groups is 1. The van der Waals surface area contributed by atoms with E-state index in [1.807, 2.05) is 13.8 Å². The molecule has 146 valence electrons. The van der Waals surface area contributed by atoms with E-state index in [2.05, 4.69) is 29.0 Å². The van der Waals surface area contributed by atoms with Crippen LogP contribution in [0.15, 0.2) is 0 Å². The van der Waals surface area contributed by atoms with E-state index in [0.29, 0.717) is 12.1 Å². The first kappa shape index (κ1) is 20.7. The minimum atomic E-state index is 0.0728. The van der Waals surface area contributed by atoms with Gasteiger partial charge in [-0.3, -0.25) is 9.69 Å². The molecule has 2 aliphatic rings. The molecule has 0 radical (unpaired) electrons. The Balaban J connectivity index is 1.48. The van der Waals surface area contributed by atoms with E-state index >= 15 is 0 Å². The molecule has 0 spiro atoms. The SMILES string of the molecule is CCCC(C)CN1CCN(CCO[C@H]2C[C@H](NC(=O)C(C)C)C2)CC1. The minimum Gasteiger partial charge on any atom is -0.377 e. The first-order chi connectivity index (χ1) is 12.0. The van der Waals surface area contributed by atoms with Crippen LogP contribution in [0.4, 0.5) is 0 Å². The van der Waals surface area contributed by atoms with Gasteiger partial charge in [0.15, 0.2) is 0 Å². The zero-order chi connectivity index (χ0) is 18.2. The fourth-order valence-electron chi connectivity index (χ4n) is 3.76. The van der Waals surface area contributed by atoms with Crippen molar-refractivity contribution in [1.82, 2.24) is 15.1 Å². The minimum absolute atomic E-state index is 0.0728. The molecule has 1 N–H and O–H groups in total. The van der Waals surface area contributed by atoms with Crippen molar-refractivity contribution in [2.75, 3.05) is 45.9 Å². The summed E-state index contributed by atoms with van der Waals surface area (Å²) < 4.78 is 5.97. The van der Waals surface area contributed by atoms with Crippen molar-refractivity contribution in [2.24, 2.45) is 11.8 Å². The van der Waals surface area contributed by atoms with E-state index in [-0.39, 0.29) is 11.8 Å². The molecular formula is C20H39N3O2. The van der Waals surface area contributed by atoms with Crippen LogP contribution in [0.2, 0.25) is 0 Å². The van der Waals surface area contributed by atoms with Gasteiger partial charge in [-0.2, -0.15) is 0 Å². The number of hydrogen-bond acceptors (Lipinski definition) is 4. The summed E-state index contributed by atoms with van der Waals surface area (Å²) in [4.78, 5) is 16.8. The van der Waals surface area contributed by atoms with Crippen LogP contribution >= 0.6 is 0 Å². The first-order valence-electron chi connectivity index (χ1n) is 10.3. The molecule has 25 heavy (non-hydrogen) atoms. The normalized spacial score (nSPS) is 26.4. The molecule has 1 amide bonds. The smallest absolute Gasteiger partial charge is 0.222 e. The average molecular weight is 354 g/mol. The lowest BCUT2D eigenvalue weighted by Crippen LogP contribution is -2.50. The van der Waals surface area contributed by atoms with Crippen LogP contribution in [0.5, 0.6) is 0 Å². The summed E-state index contributed by atoms with van der Waals surface area (Å²) in [6.07, 6.45) is 4.92. The third-order valence-corrected chi connectivity index (χ3v) is 5.54. The first-order valence-corrected chi connectivity index (χ1v) is 10.3. The van der Waals surface area contributed by atoms with Crippen LogP contribution < -0.4 is 5.32 Å². The molecule has 1 atom stereocenters. The fraction of sp³-hybridized carbons (Fsp3) is 0.950. The van der Waals surface area contributed by atoms with Gasteiger partial charge in [-0.1, -0.05) is 34.1 Å². The van der Waals surface area contributed by atoms with Crippen molar-refractivity contribution in [3.8, 4) is 0 Å². The molecule has 5 heteroatoms. The Morgan fingerprint density at radius 2 is 1.76 bits per heavy atom. The molecule has 1 unspecified atom stereocenters. The maximum atomic E-state index is 11.6. The van der Waals surface area contributed by atoms with Crippen molar-refractivity contribution in [3.05, 3.63) is 0 Å². The summed E-state index contributed by atoms with van der Waals surface area (Å²) in [6, 6.07) is 0.327. The van der Waals surface area contributed by atoms with Gasteiger partial charge in [0.2, 0.25) is 5.91 Å². The van der Waals surface area contributed by atoms with Crippen LogP contribution in [-0.2, 0) is 9.53 Å². The summed E-state index contributed by atoms with van der Waals surface area (Å²) in [5.41, 5.74) is 0. The van der Waals surface area contributed by atoms with Crippen molar-refractivity contribution in [1.29, 1.82) is 0 Å². The summed E-state index contributed by atoms with van der Waals surface area (Å²) in [5, 5.41) is 3.08. The van der Waals surface area contributed by atoms with Gasteiger partial charge in [0.1, 0.15) is 0 Å². The van der Waals surface area contributed by atoms with Crippen molar-refractivity contribution in [3.63, 3.8) is 0 Å². The van der Waals surface area contributed by atoms with Gasteiger partial charge in [-0.05, 0) is 25.2 Å². The number of nitrogens with zero attached hydrogens (tertiary/aromatic N) is 2. The van der Waals surface area contributed by atoms with Gasteiger partial charge in [0, 0.05) is 51.2 Å². The summed E-state index contributed by atoms with van der Waals surface area (Å²) in [6.45, 7) is 16.4. The highest BCUT2D eigenvalue weighted by Gasteiger charge is 2.31. The monoisotopic (exact) mass is 353 g/mol. The number of ether oxygens (including phenoxy) is 1. The van der Waals surface area contributed by atoms with Gasteiger partial charge in [0.25, 0.3) is 0 Å². The number of nitrogens with one attached hydrogen (secondary N) is 1. The van der Waals surface area contributed by atoms with Gasteiger partial charge in [-0.15, -0.1) is 0 Å². The van der Waals surface area contributed by atoms with Crippen LogP contribution in [0.25, 0.3) is 0 Å². The van der Waals surface area contributed by atoms with Crippen molar-refractivity contribution in [2.45, 2.75) is 65.5 Å². The summed E-state index contributed by atoms with van der Waals surface area (Å²) in [5.74, 6) is 1.06. The summed E-state index contributed by atoms with van der Waals surface area (Å²) in [7, 11) is 0. The van der Waals surface area contributed by atoms with Gasteiger partial charge in [-0.25, -0.2) is 0 Å². The maximum Gasteiger partial charge on any atom is 0.222 e. The molecular weight excluding hydrogens is 314 g/mol. The second-order valence-corrected chi connectivity index (χ2v) is 8.36. The van der Waals surface area contributed by atoms with E-state index in [0.717, 1.165) is 31.9 Å². The molecule has 2 fully saturated rings. The van der Waals surface area contributed by atoms with E-state index in [4.69, 9.17) is 4.74 Å². The zero-order valence-corrected chi connectivity index (χ0v) is 16.8. The van der Waals surface area contributed by atoms with Crippen LogP contribution in [0.3, 0.4) is 0 Å². The van der Waals surface area contributed by atoms with Crippen molar-refractivity contribution >= 4 is 5.91 Å². The Morgan fingerprint density at radius 3 is 2.36 bits per heavy atom. The number of piperazine rings is 1. The predicted octanol–water partition coefficient (Wildman–Crippen LogP) is 2.36. The number of rotatable bonds is 10. The highest BCUT2D eigenvalue weighted by Crippen LogP contribution is 2.23. The average Bonchev–Trinajstić information content (AvgIpc) is 2.53. The second kappa shape index (κ2) is 10.5. The van der Waals surface area contributed by atoms with Crippen LogP contribution in [-0.4, -0.2) is 73.7 Å². The molecule has 0 bridgehead atoms. The van der Waals surface area contributed by atoms with Gasteiger partial charge >= 0.3 is 0 Å². The Kier molecular flexibility index (Phi) is 8.67. The molecule has 5 nitrogen and oxygen atoms in total. The zero-order valence-electron chi connectivity index (χ0n) is 16.8. The topological polar surface area (TPSA) is 44.8 Å². The molecule has 2 rings (SSSR count). The number of amides is 1. The predicted molar refractivity (Wildman–Crippen MR) is 103 cm³/mol. The maximum absolute atomic E-state index is 11.6. The summed E-state index contributed by atoms with van der Waals surface area (Å²) >= 11 is 0. The molecule has 0 aromatic carbocycles. The standard InChI is InChI=1S/C20H39N3O2/c1-5-6-17(4)15-23-9-7-22(8-10-23)11-12-25-19-13-18(14-19)21-20(24)16(2)3/h16-19H,5-15H2,1-4H3,(H,21,24)/t17?,18-,19-. The number of hydrogen-bond donors (Lipinski definition) is 1. The highest BCUT2D eigenvalue weighted by atomic mass is 16.5. The fourth-order valence-corrected chi connectivity index (χ4v) is 3.76. The lowest BCUT2D eigenvalue weighted by atomic mass is 9.89. The third-order valence-electron chi connectivity index (χ3n) is 5.54. The highest BCUT2D eigenvalue weighted by molar-refractivity contribution is 5.78. The molecule has 1 aliphatic heterocycles. The Hall–Kier alpha value is -0.650. The quantitative estimate of drug-likeness (QED) is 0.655. The number of carbonyl (C=O) groups excluding carboxylic acids is 1. The second-order valence-electron chi connectivity index (χ2n) is 8.36. The molecule has 1 saturated heterocycles. The largest absolute Gasteiger partial charge is 0.377 e. The van der Waals surface area contributed by atoms with E-state index in [9.17, 15) is 4.79 Å². The Morgan fingerprint density at radius 1 is 1.12 bits per heavy atom. The molecule has 1 heterocycles. The molecule has 1 saturated carbocycles. The van der Waals surface area contributed by atoms with Gasteiger partial charge < -0.3 is 15.0 Å². The third kappa shape index (κ3) is 7.24. The van der Waals surface area contributed by atoms with E-state index in [1.165, 1.54) is 45.6 Å². The van der Waals surface area contributed by atoms with E-state index < -0.39 is 0 Å². The van der Waals surface area contributed by atoms with Crippen LogP contribution in [0, 0.1) is 11.8 Å². The Bertz CT molecular complexity index is 388. The van der Waals surface area contributed by atoms with Gasteiger partial charge in [0.05, 0.1) is 12.7 Å².